The molecular weight excluding hydrogens is 360 g/mol. The summed E-state index contributed by atoms with van der Waals surface area (Å²) in [4.78, 5) is 21.9. The molecule has 0 aliphatic rings. The largest absolute Gasteiger partial charge is 0.351 e. The van der Waals surface area contributed by atoms with Crippen LogP contribution in [-0.2, 0) is 0 Å². The lowest BCUT2D eigenvalue weighted by atomic mass is 10.1. The summed E-state index contributed by atoms with van der Waals surface area (Å²) in [6, 6.07) is 5.88. The van der Waals surface area contributed by atoms with E-state index in [0.29, 0.717) is 17.4 Å². The van der Waals surface area contributed by atoms with E-state index in [4.69, 9.17) is 9.51 Å². The molecule has 0 saturated carbocycles. The molecule has 1 amide bonds. The van der Waals surface area contributed by atoms with Gasteiger partial charge in [-0.2, -0.15) is 0 Å². The number of benzene rings is 1. The first-order valence-corrected chi connectivity index (χ1v) is 10.1. The Labute approximate surface area is 163 Å². The molecule has 0 bridgehead atoms. The molecule has 7 heteroatoms. The third kappa shape index (κ3) is 4.20. The van der Waals surface area contributed by atoms with Gasteiger partial charge in [0.15, 0.2) is 5.13 Å². The van der Waals surface area contributed by atoms with E-state index >= 15 is 0 Å². The van der Waals surface area contributed by atoms with Crippen LogP contribution < -0.4 is 4.90 Å². The molecule has 27 heavy (non-hydrogen) atoms. The zero-order valence-corrected chi connectivity index (χ0v) is 17.4. The molecule has 0 saturated heterocycles. The number of carbonyl (C=O) groups is 1. The normalized spacial score (nSPS) is 11.5. The van der Waals surface area contributed by atoms with Crippen LogP contribution in [0.2, 0.25) is 0 Å². The summed E-state index contributed by atoms with van der Waals surface area (Å²) in [5.74, 6) is 0.0513. The Hall–Kier alpha value is -2.25. The Bertz CT molecular complexity index is 943. The number of hydrogen-bond donors (Lipinski definition) is 0. The molecule has 0 unspecified atom stereocenters. The average molecular weight is 387 g/mol. The van der Waals surface area contributed by atoms with Gasteiger partial charge in [-0.1, -0.05) is 36.4 Å². The van der Waals surface area contributed by atoms with Crippen molar-refractivity contribution in [3.63, 3.8) is 0 Å². The minimum absolute atomic E-state index is 0.198. The molecule has 0 fully saturated rings. The van der Waals surface area contributed by atoms with Crippen molar-refractivity contribution in [2.45, 2.75) is 34.6 Å². The summed E-state index contributed by atoms with van der Waals surface area (Å²) >= 11 is 1.55. The van der Waals surface area contributed by atoms with Crippen molar-refractivity contribution in [3.05, 3.63) is 40.8 Å². The van der Waals surface area contributed by atoms with E-state index in [1.807, 2.05) is 6.92 Å². The minimum Gasteiger partial charge on any atom is -0.351 e. The quantitative estimate of drug-likeness (QED) is 0.609. The number of hydrogen-bond acceptors (Lipinski definition) is 6. The van der Waals surface area contributed by atoms with Crippen LogP contribution in [-0.4, -0.2) is 47.1 Å². The number of aromatic nitrogens is 2. The van der Waals surface area contributed by atoms with Gasteiger partial charge in [-0.25, -0.2) is 4.98 Å². The van der Waals surface area contributed by atoms with Gasteiger partial charge >= 0.3 is 0 Å². The summed E-state index contributed by atoms with van der Waals surface area (Å²) in [6.07, 6.45) is 0. The highest BCUT2D eigenvalue weighted by atomic mass is 32.1. The van der Waals surface area contributed by atoms with Crippen molar-refractivity contribution in [3.8, 4) is 0 Å². The van der Waals surface area contributed by atoms with E-state index in [1.165, 1.54) is 11.1 Å². The molecule has 3 aromatic rings. The number of anilines is 1. The van der Waals surface area contributed by atoms with Crippen molar-refractivity contribution >= 4 is 32.6 Å². The minimum atomic E-state index is -0.198. The van der Waals surface area contributed by atoms with E-state index in [1.54, 1.807) is 22.3 Å². The van der Waals surface area contributed by atoms with Gasteiger partial charge in [0.05, 0.1) is 15.9 Å². The molecule has 0 atom stereocenters. The summed E-state index contributed by atoms with van der Waals surface area (Å²) in [7, 11) is 0. The Morgan fingerprint density at radius 3 is 2.48 bits per heavy atom. The van der Waals surface area contributed by atoms with Crippen molar-refractivity contribution in [2.24, 2.45) is 0 Å². The lowest BCUT2D eigenvalue weighted by Gasteiger charge is -2.23. The first-order chi connectivity index (χ1) is 12.9. The Morgan fingerprint density at radius 2 is 1.85 bits per heavy atom. The highest BCUT2D eigenvalue weighted by molar-refractivity contribution is 7.22. The first kappa shape index (κ1) is 19.5. The van der Waals surface area contributed by atoms with Gasteiger partial charge in [0.2, 0.25) is 5.76 Å². The van der Waals surface area contributed by atoms with Crippen LogP contribution in [0.15, 0.2) is 22.7 Å². The van der Waals surface area contributed by atoms with Crippen LogP contribution in [0.3, 0.4) is 0 Å². The predicted octanol–water partition coefficient (Wildman–Crippen LogP) is 4.20. The maximum Gasteiger partial charge on any atom is 0.298 e. The van der Waals surface area contributed by atoms with E-state index in [-0.39, 0.29) is 11.7 Å². The van der Waals surface area contributed by atoms with Crippen LogP contribution in [0, 0.1) is 20.8 Å². The van der Waals surface area contributed by atoms with E-state index in [2.05, 4.69) is 49.9 Å². The number of carbonyl (C=O) groups excluding carboxylic acids is 1. The summed E-state index contributed by atoms with van der Waals surface area (Å²) in [5.41, 5.74) is 3.98. The number of aryl methyl sites for hydroxylation is 3. The monoisotopic (exact) mass is 386 g/mol. The molecule has 0 aliphatic carbocycles. The third-order valence-corrected chi connectivity index (χ3v) is 5.89. The van der Waals surface area contributed by atoms with Gasteiger partial charge in [0.25, 0.3) is 5.91 Å². The number of rotatable bonds is 7. The van der Waals surface area contributed by atoms with Crippen molar-refractivity contribution in [2.75, 3.05) is 31.1 Å². The molecule has 6 nitrogen and oxygen atoms in total. The molecule has 0 radical (unpaired) electrons. The van der Waals surface area contributed by atoms with Crippen LogP contribution in [0.25, 0.3) is 10.2 Å². The fraction of sp³-hybridized carbons (Fsp3) is 0.450. The average Bonchev–Trinajstić information content (AvgIpc) is 3.25. The van der Waals surface area contributed by atoms with Gasteiger partial charge in [-0.15, -0.1) is 0 Å². The molecule has 2 aromatic heterocycles. The van der Waals surface area contributed by atoms with E-state index in [0.717, 1.165) is 29.9 Å². The maximum atomic E-state index is 13.1. The molecule has 0 aliphatic heterocycles. The van der Waals surface area contributed by atoms with E-state index in [9.17, 15) is 4.79 Å². The highest BCUT2D eigenvalue weighted by Crippen LogP contribution is 2.32. The standard InChI is InChI=1S/C20H26N4O2S/c1-6-23(7-2)8-9-24(19(25)17-12-15(5)22-26-17)20-21-16-11-13(3)10-14(4)18(16)27-20/h10-12H,6-9H2,1-5H3. The van der Waals surface area contributed by atoms with Gasteiger partial charge in [-0.3, -0.25) is 9.69 Å². The summed E-state index contributed by atoms with van der Waals surface area (Å²) < 4.78 is 6.34. The van der Waals surface area contributed by atoms with Crippen LogP contribution in [0.1, 0.15) is 41.2 Å². The second-order valence-corrected chi connectivity index (χ2v) is 7.72. The van der Waals surface area contributed by atoms with Crippen LogP contribution in [0.5, 0.6) is 0 Å². The van der Waals surface area contributed by atoms with Gasteiger partial charge < -0.3 is 9.42 Å². The van der Waals surface area contributed by atoms with Gasteiger partial charge in [0.1, 0.15) is 0 Å². The molecule has 1 aromatic carbocycles. The maximum absolute atomic E-state index is 13.1. The first-order valence-electron chi connectivity index (χ1n) is 9.28. The smallest absolute Gasteiger partial charge is 0.298 e. The third-order valence-electron chi connectivity index (χ3n) is 4.66. The molecule has 2 heterocycles. The Morgan fingerprint density at radius 1 is 1.11 bits per heavy atom. The number of fused-ring (bicyclic) bond motifs is 1. The second-order valence-electron chi connectivity index (χ2n) is 6.74. The zero-order chi connectivity index (χ0) is 19.6. The number of amides is 1. The molecule has 144 valence electrons. The van der Waals surface area contributed by atoms with Crippen molar-refractivity contribution < 1.29 is 9.32 Å². The van der Waals surface area contributed by atoms with Gasteiger partial charge in [0, 0.05) is 19.2 Å². The number of nitrogens with zero attached hydrogens (tertiary/aromatic N) is 4. The number of likely N-dealkylation sites (N-methyl/N-ethyl adjacent to an activating group) is 1. The lowest BCUT2D eigenvalue weighted by Crippen LogP contribution is -2.38. The van der Waals surface area contributed by atoms with E-state index < -0.39 is 0 Å². The fourth-order valence-electron chi connectivity index (χ4n) is 3.14. The summed E-state index contributed by atoms with van der Waals surface area (Å²) in [5, 5.41) is 4.56. The lowest BCUT2D eigenvalue weighted by molar-refractivity contribution is 0.0948. The number of thiazole rings is 1. The van der Waals surface area contributed by atoms with Crippen LogP contribution in [0.4, 0.5) is 5.13 Å². The Kier molecular flexibility index (Phi) is 5.92. The highest BCUT2D eigenvalue weighted by Gasteiger charge is 2.25. The van der Waals surface area contributed by atoms with Crippen LogP contribution >= 0.6 is 11.3 Å². The van der Waals surface area contributed by atoms with Crippen molar-refractivity contribution in [1.29, 1.82) is 0 Å². The predicted molar refractivity (Wildman–Crippen MR) is 110 cm³/mol. The van der Waals surface area contributed by atoms with Gasteiger partial charge in [-0.05, 0) is 51.1 Å². The zero-order valence-electron chi connectivity index (χ0n) is 16.6. The summed E-state index contributed by atoms with van der Waals surface area (Å²) in [6.45, 7) is 13.4. The second kappa shape index (κ2) is 8.19. The van der Waals surface area contributed by atoms with Crippen molar-refractivity contribution in [1.82, 2.24) is 15.0 Å². The Balaban J connectivity index is 1.98. The molecule has 0 N–H and O–H groups in total. The fourth-order valence-corrected chi connectivity index (χ4v) is 4.18. The SMILES string of the molecule is CCN(CC)CCN(C(=O)c1cc(C)no1)c1nc2cc(C)cc(C)c2s1. The molecular formula is C20H26N4O2S. The topological polar surface area (TPSA) is 62.5 Å². The molecule has 3 rings (SSSR count). The molecule has 0 spiro atoms.